The van der Waals surface area contributed by atoms with Crippen LogP contribution in [0.2, 0.25) is 0 Å². The summed E-state index contributed by atoms with van der Waals surface area (Å²) >= 11 is 0. The van der Waals surface area contributed by atoms with Crippen molar-refractivity contribution in [2.45, 2.75) is 116 Å². The van der Waals surface area contributed by atoms with E-state index in [9.17, 15) is 14.4 Å². The summed E-state index contributed by atoms with van der Waals surface area (Å²) in [5, 5.41) is 4.75. The maximum Gasteiger partial charge on any atom is 0.408 e. The van der Waals surface area contributed by atoms with Crippen LogP contribution in [0.25, 0.3) is 0 Å². The minimum atomic E-state index is -1.21. The largest absolute Gasteiger partial charge is 0.460 e. The molecule has 0 aliphatic carbocycles. The lowest BCUT2D eigenvalue weighted by atomic mass is 9.80. The lowest BCUT2D eigenvalue weighted by molar-refractivity contribution is -0.292. The van der Waals surface area contributed by atoms with Crippen LogP contribution < -0.4 is 5.32 Å². The Balaban J connectivity index is 2.73. The normalized spacial score (nSPS) is 17.5. The molecule has 1 heterocycles. The van der Waals surface area contributed by atoms with Gasteiger partial charge < -0.3 is 19.5 Å². The number of unbranched alkanes of at least 4 members (excludes halogenated alkanes) is 5. The summed E-state index contributed by atoms with van der Waals surface area (Å²) in [7, 11) is 0. The number of piperidine rings is 1. The summed E-state index contributed by atoms with van der Waals surface area (Å²) in [5.41, 5.74) is -1.94. The molecule has 1 saturated heterocycles. The minimum Gasteiger partial charge on any atom is -0.460 e. The molecule has 0 aromatic rings. The maximum atomic E-state index is 12.9. The Kier molecular flexibility index (Phi) is 13.3. The van der Waals surface area contributed by atoms with E-state index >= 15 is 0 Å². The Morgan fingerprint density at radius 3 is 1.89 bits per heavy atom. The van der Waals surface area contributed by atoms with Gasteiger partial charge in [-0.15, -0.1) is 0 Å². The molecule has 1 aliphatic heterocycles. The first kappa shape index (κ1) is 32.6. The Labute approximate surface area is 222 Å². The first-order chi connectivity index (χ1) is 17.3. The van der Waals surface area contributed by atoms with Gasteiger partial charge in [-0.1, -0.05) is 52.2 Å². The zero-order valence-electron chi connectivity index (χ0n) is 23.7. The molecule has 0 aromatic heterocycles. The van der Waals surface area contributed by atoms with Crippen LogP contribution in [0.1, 0.15) is 92.9 Å². The molecule has 0 spiro atoms. The highest BCUT2D eigenvalue weighted by molar-refractivity contribution is 5.82. The van der Waals surface area contributed by atoms with Crippen molar-refractivity contribution in [3.63, 3.8) is 0 Å². The molecule has 0 saturated carbocycles. The third-order valence-electron chi connectivity index (χ3n) is 6.35. The van der Waals surface area contributed by atoms with Crippen LogP contribution in [0, 0.1) is 0 Å². The summed E-state index contributed by atoms with van der Waals surface area (Å²) in [4.78, 5) is 42.2. The molecule has 0 aromatic carbocycles. The number of ether oxygens (including phenoxy) is 3. The van der Waals surface area contributed by atoms with Gasteiger partial charge in [0.15, 0.2) is 0 Å². The van der Waals surface area contributed by atoms with Crippen molar-refractivity contribution in [3.8, 4) is 0 Å². The van der Waals surface area contributed by atoms with E-state index in [1.807, 2.05) is 0 Å². The summed E-state index contributed by atoms with van der Waals surface area (Å²) in [6, 6.07) is 0. The highest BCUT2D eigenvalue weighted by Gasteiger charge is 2.48. The summed E-state index contributed by atoms with van der Waals surface area (Å²) in [5.74, 6) is -1.32. The van der Waals surface area contributed by atoms with Gasteiger partial charge in [0.05, 0.1) is 6.61 Å². The van der Waals surface area contributed by atoms with Crippen molar-refractivity contribution in [2.75, 3.05) is 19.8 Å². The van der Waals surface area contributed by atoms with Crippen molar-refractivity contribution in [1.82, 2.24) is 10.4 Å². The molecule has 37 heavy (non-hydrogen) atoms. The summed E-state index contributed by atoms with van der Waals surface area (Å²) < 4.78 is 16.0. The van der Waals surface area contributed by atoms with E-state index in [0.717, 1.165) is 25.0 Å². The quantitative estimate of drug-likeness (QED) is 0.126. The number of hydrogen-bond donors (Lipinski definition) is 1. The fourth-order valence-electron chi connectivity index (χ4n) is 4.76. The fraction of sp³-hybridized carbons (Fsp3) is 0.750. The predicted octanol–water partition coefficient (Wildman–Crippen LogP) is 5.24. The zero-order valence-corrected chi connectivity index (χ0v) is 23.7. The van der Waals surface area contributed by atoms with Gasteiger partial charge in [0.25, 0.3) is 0 Å². The highest BCUT2D eigenvalue weighted by Crippen LogP contribution is 2.40. The van der Waals surface area contributed by atoms with Crippen LogP contribution in [0.5, 0.6) is 0 Å². The van der Waals surface area contributed by atoms with Crippen LogP contribution in [0.4, 0.5) is 4.79 Å². The number of nitrogens with zero attached hydrogens (tertiary/aromatic N) is 1. The van der Waals surface area contributed by atoms with Crippen LogP contribution in [0.3, 0.4) is 0 Å². The van der Waals surface area contributed by atoms with E-state index in [4.69, 9.17) is 19.0 Å². The van der Waals surface area contributed by atoms with Gasteiger partial charge >= 0.3 is 18.0 Å². The summed E-state index contributed by atoms with van der Waals surface area (Å²) in [6.45, 7) is 19.0. The lowest BCUT2D eigenvalue weighted by Crippen LogP contribution is -2.62. The number of amides is 1. The average Bonchev–Trinajstić information content (AvgIpc) is 2.80. The molecule has 212 valence electrons. The van der Waals surface area contributed by atoms with Crippen molar-refractivity contribution in [3.05, 3.63) is 25.3 Å². The van der Waals surface area contributed by atoms with E-state index in [1.54, 1.807) is 6.92 Å². The maximum absolute atomic E-state index is 12.9. The molecule has 9 heteroatoms. The van der Waals surface area contributed by atoms with Gasteiger partial charge in [-0.3, -0.25) is 4.84 Å². The van der Waals surface area contributed by atoms with E-state index in [-0.39, 0.29) is 30.4 Å². The smallest absolute Gasteiger partial charge is 0.408 e. The first-order valence-electron chi connectivity index (χ1n) is 13.3. The molecule has 1 amide bonds. The van der Waals surface area contributed by atoms with Crippen LogP contribution in [-0.4, -0.2) is 65.6 Å². The van der Waals surface area contributed by atoms with Crippen molar-refractivity contribution >= 4 is 18.0 Å². The van der Waals surface area contributed by atoms with Crippen molar-refractivity contribution in [1.29, 1.82) is 0 Å². The number of carbonyl (C=O) groups is 3. The Morgan fingerprint density at radius 2 is 1.41 bits per heavy atom. The van der Waals surface area contributed by atoms with Gasteiger partial charge in [-0.05, 0) is 41.0 Å². The number of hydroxylamine groups is 2. The van der Waals surface area contributed by atoms with Crippen molar-refractivity contribution < 1.29 is 33.4 Å². The van der Waals surface area contributed by atoms with E-state index in [1.165, 1.54) is 25.7 Å². The predicted molar refractivity (Wildman–Crippen MR) is 143 cm³/mol. The Bertz CT molecular complexity index is 736. The second-order valence-corrected chi connectivity index (χ2v) is 11.3. The Morgan fingerprint density at radius 1 is 0.919 bits per heavy atom. The molecule has 0 unspecified atom stereocenters. The molecule has 0 radical (unpaired) electrons. The molecule has 9 nitrogen and oxygen atoms in total. The fourth-order valence-corrected chi connectivity index (χ4v) is 4.76. The van der Waals surface area contributed by atoms with Crippen LogP contribution in [0.15, 0.2) is 25.3 Å². The molecule has 0 atom stereocenters. The molecule has 0 bridgehead atoms. The number of rotatable bonds is 16. The number of esters is 2. The minimum absolute atomic E-state index is 0.237. The monoisotopic (exact) mass is 524 g/mol. The number of hydrogen-bond acceptors (Lipinski definition) is 8. The SMILES string of the molecule is C=CC(=O)OCC(C)(COC(=O)C=C)NC(=O)OC1CC(C)(C)N(OCCCCCCCC)C(C)(C)C1. The third kappa shape index (κ3) is 11.7. The number of carbonyl (C=O) groups excluding carboxylic acids is 3. The van der Waals surface area contributed by atoms with Gasteiger partial charge in [0.1, 0.15) is 24.9 Å². The second-order valence-electron chi connectivity index (χ2n) is 11.3. The van der Waals surface area contributed by atoms with Crippen LogP contribution in [-0.2, 0) is 28.6 Å². The second kappa shape index (κ2) is 15.1. The van der Waals surface area contributed by atoms with Crippen molar-refractivity contribution in [2.24, 2.45) is 0 Å². The molecular formula is C28H48N2O7. The molecule has 1 rings (SSSR count). The summed E-state index contributed by atoms with van der Waals surface area (Å²) in [6.07, 6.45) is 9.31. The van der Waals surface area contributed by atoms with Gasteiger partial charge in [-0.2, -0.15) is 5.06 Å². The Hall–Kier alpha value is -2.39. The average molecular weight is 525 g/mol. The standard InChI is InChI=1S/C28H48N2O7/c1-9-12-13-14-15-16-17-36-30-26(4,5)18-22(19-27(30,6)7)37-25(33)29-28(8,20-34-23(31)10-2)21-35-24(32)11-3/h10-11,22H,2-3,9,12-21H2,1,4-8H3,(H,29,33). The van der Waals surface area contributed by atoms with Gasteiger partial charge in [-0.25, -0.2) is 14.4 Å². The lowest BCUT2D eigenvalue weighted by Gasteiger charge is -2.53. The van der Waals surface area contributed by atoms with E-state index < -0.39 is 23.6 Å². The van der Waals surface area contributed by atoms with Crippen LogP contribution >= 0.6 is 0 Å². The van der Waals surface area contributed by atoms with E-state index in [2.05, 4.69) is 58.2 Å². The van der Waals surface area contributed by atoms with E-state index in [0.29, 0.717) is 19.4 Å². The van der Waals surface area contributed by atoms with Gasteiger partial charge in [0, 0.05) is 36.1 Å². The zero-order chi connectivity index (χ0) is 28.1. The third-order valence-corrected chi connectivity index (χ3v) is 6.35. The highest BCUT2D eigenvalue weighted by atomic mass is 16.7. The number of nitrogens with one attached hydrogen (secondary N) is 1. The van der Waals surface area contributed by atoms with Gasteiger partial charge in [0.2, 0.25) is 0 Å². The molecule has 1 N–H and O–H groups in total. The molecular weight excluding hydrogens is 476 g/mol. The number of alkyl carbamates (subject to hydrolysis) is 1. The topological polar surface area (TPSA) is 103 Å². The first-order valence-corrected chi connectivity index (χ1v) is 13.3. The molecule has 1 fully saturated rings. The molecule has 1 aliphatic rings.